The molecule has 0 radical (unpaired) electrons. The molecule has 4 rings (SSSR count). The fourth-order valence-electron chi connectivity index (χ4n) is 3.50. The second-order valence-corrected chi connectivity index (χ2v) is 8.53. The SMILES string of the molecule is Cc1nnsc1CNC(=O)CN1CCCCCOc2ccccc2Oc2ncccc2C1. The summed E-state index contributed by atoms with van der Waals surface area (Å²) in [7, 11) is 0. The number of aromatic nitrogens is 3. The number of carbonyl (C=O) groups excluding carboxylic acids is 1. The average molecular weight is 454 g/mol. The van der Waals surface area contributed by atoms with Crippen molar-refractivity contribution in [1.82, 2.24) is 24.8 Å². The van der Waals surface area contributed by atoms with Gasteiger partial charge in [-0.3, -0.25) is 9.69 Å². The first-order valence-electron chi connectivity index (χ1n) is 10.8. The van der Waals surface area contributed by atoms with Crippen molar-refractivity contribution in [2.75, 3.05) is 19.7 Å². The molecule has 0 unspecified atom stereocenters. The Hall–Kier alpha value is -3.04. The number of nitrogens with zero attached hydrogens (tertiary/aromatic N) is 4. The quantitative estimate of drug-likeness (QED) is 0.644. The monoisotopic (exact) mass is 453 g/mol. The molecule has 1 aliphatic heterocycles. The Labute approximate surface area is 191 Å². The van der Waals surface area contributed by atoms with E-state index in [-0.39, 0.29) is 5.91 Å². The van der Waals surface area contributed by atoms with Gasteiger partial charge in [-0.25, -0.2) is 4.98 Å². The number of amides is 1. The van der Waals surface area contributed by atoms with E-state index in [1.807, 2.05) is 43.3 Å². The lowest BCUT2D eigenvalue weighted by Crippen LogP contribution is -2.37. The molecule has 1 aliphatic rings. The fourth-order valence-corrected chi connectivity index (χ4v) is 4.07. The van der Waals surface area contributed by atoms with Crippen LogP contribution in [0.5, 0.6) is 17.4 Å². The van der Waals surface area contributed by atoms with Gasteiger partial charge in [-0.1, -0.05) is 22.7 Å². The lowest BCUT2D eigenvalue weighted by molar-refractivity contribution is -0.122. The van der Waals surface area contributed by atoms with Crippen molar-refractivity contribution in [3.05, 3.63) is 58.7 Å². The molecule has 3 heterocycles. The second kappa shape index (κ2) is 11.0. The molecule has 0 saturated heterocycles. The third-order valence-corrected chi connectivity index (χ3v) is 6.06. The van der Waals surface area contributed by atoms with Gasteiger partial charge in [0.05, 0.1) is 30.3 Å². The van der Waals surface area contributed by atoms with Crippen LogP contribution in [0.2, 0.25) is 0 Å². The summed E-state index contributed by atoms with van der Waals surface area (Å²) >= 11 is 1.31. The predicted molar refractivity (Wildman–Crippen MR) is 122 cm³/mol. The van der Waals surface area contributed by atoms with Crippen LogP contribution in [0.4, 0.5) is 0 Å². The van der Waals surface area contributed by atoms with Crippen LogP contribution >= 0.6 is 11.5 Å². The van der Waals surface area contributed by atoms with E-state index in [1.165, 1.54) is 11.5 Å². The van der Waals surface area contributed by atoms with E-state index in [9.17, 15) is 4.79 Å². The maximum absolute atomic E-state index is 12.7. The molecule has 0 fully saturated rings. The highest BCUT2D eigenvalue weighted by molar-refractivity contribution is 7.05. The van der Waals surface area contributed by atoms with Gasteiger partial charge in [-0.15, -0.1) is 5.10 Å². The minimum Gasteiger partial charge on any atom is -0.490 e. The maximum atomic E-state index is 12.7. The summed E-state index contributed by atoms with van der Waals surface area (Å²) < 4.78 is 16.0. The van der Waals surface area contributed by atoms with Crippen LogP contribution < -0.4 is 14.8 Å². The van der Waals surface area contributed by atoms with E-state index in [1.54, 1.807) is 6.20 Å². The molecule has 1 N–H and O–H groups in total. The molecule has 1 amide bonds. The second-order valence-electron chi connectivity index (χ2n) is 7.69. The lowest BCUT2D eigenvalue weighted by Gasteiger charge is -2.22. The highest BCUT2D eigenvalue weighted by Crippen LogP contribution is 2.32. The summed E-state index contributed by atoms with van der Waals surface area (Å²) in [6.07, 6.45) is 4.65. The number of ether oxygens (including phenoxy) is 2. The topological polar surface area (TPSA) is 89.5 Å². The summed E-state index contributed by atoms with van der Waals surface area (Å²) in [4.78, 5) is 20.2. The average Bonchev–Trinajstić information content (AvgIpc) is 3.21. The number of benzene rings is 1. The minimum atomic E-state index is -0.0258. The molecular formula is C23H27N5O3S. The minimum absolute atomic E-state index is 0.0258. The van der Waals surface area contributed by atoms with Crippen molar-refractivity contribution in [2.24, 2.45) is 0 Å². The van der Waals surface area contributed by atoms with Gasteiger partial charge < -0.3 is 14.8 Å². The van der Waals surface area contributed by atoms with Crippen molar-refractivity contribution >= 4 is 17.4 Å². The molecule has 0 aliphatic carbocycles. The Morgan fingerprint density at radius 3 is 2.88 bits per heavy atom. The number of nitrogens with one attached hydrogen (secondary N) is 1. The van der Waals surface area contributed by atoms with Crippen molar-refractivity contribution in [1.29, 1.82) is 0 Å². The summed E-state index contributed by atoms with van der Waals surface area (Å²) in [5, 5.41) is 6.98. The van der Waals surface area contributed by atoms with Crippen LogP contribution in [0.15, 0.2) is 42.6 Å². The maximum Gasteiger partial charge on any atom is 0.234 e. The van der Waals surface area contributed by atoms with E-state index < -0.39 is 0 Å². The lowest BCUT2D eigenvalue weighted by atomic mass is 10.2. The first-order chi connectivity index (χ1) is 15.7. The van der Waals surface area contributed by atoms with Gasteiger partial charge >= 0.3 is 0 Å². The normalized spacial score (nSPS) is 15.0. The van der Waals surface area contributed by atoms with Crippen LogP contribution in [0.25, 0.3) is 0 Å². The van der Waals surface area contributed by atoms with Gasteiger partial charge in [0.1, 0.15) is 0 Å². The number of fused-ring (bicyclic) bond motifs is 2. The molecule has 32 heavy (non-hydrogen) atoms. The van der Waals surface area contributed by atoms with E-state index in [4.69, 9.17) is 9.47 Å². The number of pyridine rings is 1. The zero-order chi connectivity index (χ0) is 22.2. The molecule has 0 saturated carbocycles. The Morgan fingerprint density at radius 2 is 2.03 bits per heavy atom. The van der Waals surface area contributed by atoms with E-state index >= 15 is 0 Å². The smallest absolute Gasteiger partial charge is 0.234 e. The number of rotatable bonds is 4. The Kier molecular flexibility index (Phi) is 7.63. The van der Waals surface area contributed by atoms with Gasteiger partial charge in [0.2, 0.25) is 11.8 Å². The summed E-state index contributed by atoms with van der Waals surface area (Å²) in [5.41, 5.74) is 1.79. The molecule has 3 aromatic rings. The number of aryl methyl sites for hydroxylation is 1. The Balaban J connectivity index is 1.48. The number of hydrogen-bond donors (Lipinski definition) is 1. The largest absolute Gasteiger partial charge is 0.490 e. The standard InChI is InChI=1S/C23H27N5O3S/c1-17-21(32-27-26-17)14-25-22(29)16-28-12-5-2-6-13-30-19-9-3-4-10-20(19)31-23-18(15-28)8-7-11-24-23/h3-4,7-11H,2,5-6,12-16H2,1H3,(H,25,29). The summed E-state index contributed by atoms with van der Waals surface area (Å²) in [6, 6.07) is 11.5. The third kappa shape index (κ3) is 6.02. The van der Waals surface area contributed by atoms with E-state index in [0.29, 0.717) is 43.6 Å². The van der Waals surface area contributed by atoms with Gasteiger partial charge in [-0.05, 0) is 62.5 Å². The molecule has 8 nitrogen and oxygen atoms in total. The first kappa shape index (κ1) is 22.2. The van der Waals surface area contributed by atoms with Crippen LogP contribution in [0, 0.1) is 6.92 Å². The van der Waals surface area contributed by atoms with Crippen LogP contribution in [-0.2, 0) is 17.9 Å². The van der Waals surface area contributed by atoms with Crippen molar-refractivity contribution in [2.45, 2.75) is 39.3 Å². The number of para-hydroxylation sites is 2. The molecule has 1 aromatic carbocycles. The van der Waals surface area contributed by atoms with Crippen molar-refractivity contribution in [3.8, 4) is 17.4 Å². The fraction of sp³-hybridized carbons (Fsp3) is 0.391. The molecule has 0 spiro atoms. The Bertz CT molecular complexity index is 1040. The summed E-state index contributed by atoms with van der Waals surface area (Å²) in [6.45, 7) is 4.64. The third-order valence-electron chi connectivity index (χ3n) is 5.23. The highest BCUT2D eigenvalue weighted by Gasteiger charge is 2.17. The molecular weight excluding hydrogens is 426 g/mol. The first-order valence-corrected chi connectivity index (χ1v) is 11.6. The molecule has 2 aromatic heterocycles. The number of hydrogen-bond acceptors (Lipinski definition) is 8. The molecule has 9 heteroatoms. The predicted octanol–water partition coefficient (Wildman–Crippen LogP) is 3.71. The number of carbonyl (C=O) groups is 1. The summed E-state index contributed by atoms with van der Waals surface area (Å²) in [5.74, 6) is 1.86. The molecule has 168 valence electrons. The Morgan fingerprint density at radius 1 is 1.16 bits per heavy atom. The van der Waals surface area contributed by atoms with Crippen LogP contribution in [0.3, 0.4) is 0 Å². The van der Waals surface area contributed by atoms with Gasteiger partial charge in [0, 0.05) is 18.3 Å². The van der Waals surface area contributed by atoms with Gasteiger partial charge in [-0.2, -0.15) is 0 Å². The van der Waals surface area contributed by atoms with E-state index in [0.717, 1.165) is 41.9 Å². The van der Waals surface area contributed by atoms with E-state index in [2.05, 4.69) is 24.8 Å². The van der Waals surface area contributed by atoms with Gasteiger partial charge in [0.15, 0.2) is 11.5 Å². The molecule has 0 bridgehead atoms. The van der Waals surface area contributed by atoms with Crippen LogP contribution in [-0.4, -0.2) is 45.1 Å². The zero-order valence-corrected chi connectivity index (χ0v) is 18.9. The highest BCUT2D eigenvalue weighted by atomic mass is 32.1. The molecule has 0 atom stereocenters. The zero-order valence-electron chi connectivity index (χ0n) is 18.1. The van der Waals surface area contributed by atoms with Crippen molar-refractivity contribution in [3.63, 3.8) is 0 Å². The van der Waals surface area contributed by atoms with Gasteiger partial charge in [0.25, 0.3) is 0 Å². The van der Waals surface area contributed by atoms with Crippen LogP contribution in [0.1, 0.15) is 35.4 Å². The van der Waals surface area contributed by atoms with Crippen molar-refractivity contribution < 1.29 is 14.3 Å².